The highest BCUT2D eigenvalue weighted by atomic mass is 19.4. The summed E-state index contributed by atoms with van der Waals surface area (Å²) in [5.74, 6) is -2.39. The van der Waals surface area contributed by atoms with E-state index in [1.165, 1.54) is 26.4 Å². The Kier molecular flexibility index (Phi) is 15.4. The van der Waals surface area contributed by atoms with Gasteiger partial charge in [-0.25, -0.2) is 9.98 Å². The fourth-order valence-corrected chi connectivity index (χ4v) is 6.28. The molecule has 0 fully saturated rings. The Morgan fingerprint density at radius 2 is 0.917 bits per heavy atom. The highest BCUT2D eigenvalue weighted by Gasteiger charge is 2.63. The molecule has 16 heteroatoms. The van der Waals surface area contributed by atoms with E-state index < -0.39 is 48.6 Å². The van der Waals surface area contributed by atoms with Crippen molar-refractivity contribution in [2.75, 3.05) is 41.5 Å². The summed E-state index contributed by atoms with van der Waals surface area (Å²) in [5, 5.41) is 18.8. The first-order valence-corrected chi connectivity index (χ1v) is 17.8. The Morgan fingerprint density at radius 1 is 0.567 bits per heavy atom. The van der Waals surface area contributed by atoms with E-state index in [9.17, 15) is 46.1 Å². The summed E-state index contributed by atoms with van der Waals surface area (Å²) < 4.78 is 103. The summed E-state index contributed by atoms with van der Waals surface area (Å²) in [6.07, 6.45) is -1.14. The number of carboxylic acids is 2. The van der Waals surface area contributed by atoms with Gasteiger partial charge in [-0.2, -0.15) is 26.3 Å². The maximum atomic E-state index is 13.9. The number of carboxylic acid groups (broad SMARTS) is 2. The molecule has 60 heavy (non-hydrogen) atoms. The smallest absolute Gasteiger partial charge is 0.428 e. The first-order chi connectivity index (χ1) is 28.4. The van der Waals surface area contributed by atoms with E-state index in [1.54, 1.807) is 36.4 Å². The van der Waals surface area contributed by atoms with Crippen LogP contribution in [0.3, 0.4) is 0 Å². The van der Waals surface area contributed by atoms with Crippen LogP contribution in [-0.4, -0.2) is 77.2 Å². The topological polar surface area (TPSA) is 145 Å². The number of carbonyl (C=O) groups excluding carboxylic acids is 2. The van der Waals surface area contributed by atoms with Crippen molar-refractivity contribution < 1.29 is 75.1 Å². The maximum Gasteiger partial charge on any atom is 0.428 e. The van der Waals surface area contributed by atoms with Crippen LogP contribution in [0.25, 0.3) is 12.2 Å². The minimum Gasteiger partial charge on any atom is -0.545 e. The van der Waals surface area contributed by atoms with Crippen LogP contribution in [0.15, 0.2) is 121 Å². The van der Waals surface area contributed by atoms with Gasteiger partial charge in [0.2, 0.25) is 22.6 Å². The molecule has 0 bridgehead atoms. The first-order valence-electron chi connectivity index (χ1n) is 17.8. The Bertz CT molecular complexity index is 2110. The molecule has 0 spiro atoms. The molecule has 2 heterocycles. The lowest BCUT2D eigenvalue weighted by Crippen LogP contribution is -2.82. The number of ether oxygens (including phenoxy) is 4. The normalized spacial score (nSPS) is 18.6. The van der Waals surface area contributed by atoms with Gasteiger partial charge in [-0.15, -0.1) is 0 Å². The molecule has 2 atom stereocenters. The summed E-state index contributed by atoms with van der Waals surface area (Å²) >= 11 is 0. The molecule has 0 aliphatic carbocycles. The minimum absolute atomic E-state index is 0.0401. The van der Waals surface area contributed by atoms with Gasteiger partial charge >= 0.3 is 12.4 Å². The van der Waals surface area contributed by atoms with E-state index in [0.29, 0.717) is 46.2 Å². The quantitative estimate of drug-likeness (QED) is 0.183. The van der Waals surface area contributed by atoms with Gasteiger partial charge in [0.25, 0.3) is 0 Å². The van der Waals surface area contributed by atoms with Crippen LogP contribution >= 0.6 is 0 Å². The molecule has 2 N–H and O–H groups in total. The van der Waals surface area contributed by atoms with Gasteiger partial charge < -0.3 is 38.7 Å². The van der Waals surface area contributed by atoms with Gasteiger partial charge in [0.15, 0.2) is 13.1 Å². The summed E-state index contributed by atoms with van der Waals surface area (Å²) in [7, 11) is 4.99. The van der Waals surface area contributed by atoms with E-state index in [2.05, 4.69) is 9.98 Å². The maximum absolute atomic E-state index is 13.9. The zero-order valence-corrected chi connectivity index (χ0v) is 32.6. The third kappa shape index (κ3) is 10.7. The second kappa shape index (κ2) is 20.0. The average Bonchev–Trinajstić information content (AvgIpc) is 3.23. The van der Waals surface area contributed by atoms with E-state index in [-0.39, 0.29) is 11.1 Å². The van der Waals surface area contributed by atoms with Crippen molar-refractivity contribution in [1.29, 1.82) is 0 Å². The molecule has 10 nitrogen and oxygen atoms in total. The summed E-state index contributed by atoms with van der Waals surface area (Å²) in [6.45, 7) is -0.830. The molecule has 0 radical (unpaired) electrons. The predicted molar refractivity (Wildman–Crippen MR) is 205 cm³/mol. The molecule has 6 rings (SSSR count). The first kappa shape index (κ1) is 46.2. The molecule has 0 saturated carbocycles. The molecule has 0 aromatic heterocycles. The molecule has 4 aromatic carbocycles. The summed E-state index contributed by atoms with van der Waals surface area (Å²) in [4.78, 5) is 24.6. The van der Waals surface area contributed by atoms with E-state index >= 15 is 0 Å². The fourth-order valence-electron chi connectivity index (χ4n) is 6.28. The lowest BCUT2D eigenvalue weighted by molar-refractivity contribution is -0.506. The van der Waals surface area contributed by atoms with Crippen LogP contribution in [0, 0.1) is 0 Å². The van der Waals surface area contributed by atoms with E-state index in [0.717, 1.165) is 25.3 Å². The third-order valence-electron chi connectivity index (χ3n) is 9.41. The van der Waals surface area contributed by atoms with Crippen LogP contribution in [-0.2, 0) is 30.3 Å². The van der Waals surface area contributed by atoms with Gasteiger partial charge in [0, 0.05) is 37.5 Å². The number of benzene rings is 4. The second-order valence-corrected chi connectivity index (χ2v) is 12.9. The van der Waals surface area contributed by atoms with Crippen LogP contribution in [0.5, 0.6) is 11.5 Å². The number of fused-ring (bicyclic) bond motifs is 2. The van der Waals surface area contributed by atoms with Crippen molar-refractivity contribution in [1.82, 2.24) is 0 Å². The average molecular weight is 839 g/mol. The molecule has 0 saturated heterocycles. The number of allylic oxidation sites excluding steroid dienone is 2. The number of carbonyl (C=O) groups is 2. The molecular weight excluding hydrogens is 798 g/mol. The number of alkyl halides is 6. The Labute approximate surface area is 341 Å². The van der Waals surface area contributed by atoms with Crippen LogP contribution in [0.1, 0.15) is 33.4 Å². The van der Waals surface area contributed by atoms with E-state index in [4.69, 9.17) is 18.9 Å². The molecule has 2 aliphatic heterocycles. The summed E-state index contributed by atoms with van der Waals surface area (Å²) in [6, 6.07) is 28.4. The van der Waals surface area contributed by atoms with Crippen molar-refractivity contribution >= 4 is 35.5 Å². The number of aliphatic carboxylic acids is 2. The standard InChI is InChI=1S/2C20H18F3NO2.C4H4O4/c2*1-25-15-9-10-16-17(12-15)19(26-2,20(21,22)23)13-24-18(16)11-8-14-6-4-3-5-7-14;5-3(6)1-2-4(7)8/h2*3-12H,13H2,1-2H3;1-2H,(H,5,6)(H,7,8)/b;;2-1-. The van der Waals surface area contributed by atoms with Gasteiger partial charge in [0.05, 0.1) is 37.3 Å². The van der Waals surface area contributed by atoms with Crippen molar-refractivity contribution in [3.05, 3.63) is 155 Å². The number of halogens is 6. The van der Waals surface area contributed by atoms with Gasteiger partial charge in [0.1, 0.15) is 11.5 Å². The Balaban J connectivity index is 0.000000224. The van der Waals surface area contributed by atoms with E-state index in [1.807, 2.05) is 72.8 Å². The number of methoxy groups -OCH3 is 4. The van der Waals surface area contributed by atoms with Crippen LogP contribution < -0.4 is 29.7 Å². The Hall–Kier alpha value is -6.52. The molecule has 4 aromatic rings. The lowest BCUT2D eigenvalue weighted by atomic mass is 9.84. The lowest BCUT2D eigenvalue weighted by Gasteiger charge is -2.34. The molecule has 2 unspecified atom stereocenters. The van der Waals surface area contributed by atoms with Crippen molar-refractivity contribution in [3.63, 3.8) is 0 Å². The zero-order valence-electron chi connectivity index (χ0n) is 32.6. The highest BCUT2D eigenvalue weighted by Crippen LogP contribution is 2.45. The third-order valence-corrected chi connectivity index (χ3v) is 9.41. The minimum atomic E-state index is -4.58. The summed E-state index contributed by atoms with van der Waals surface area (Å²) in [5.41, 5.74) is -0.801. The van der Waals surface area contributed by atoms with Crippen molar-refractivity contribution in [3.8, 4) is 11.5 Å². The Morgan fingerprint density at radius 3 is 1.20 bits per heavy atom. The number of hydrogen-bond donors (Lipinski definition) is 2. The number of nitrogens with one attached hydrogen (secondary N) is 2. The fraction of sp³-hybridized carbons (Fsp3) is 0.227. The molecule has 2 aliphatic rings. The second-order valence-electron chi connectivity index (χ2n) is 12.9. The number of hydrogen-bond acceptors (Lipinski definition) is 8. The van der Waals surface area contributed by atoms with Crippen LogP contribution in [0.4, 0.5) is 26.3 Å². The monoisotopic (exact) mass is 838 g/mol. The van der Waals surface area contributed by atoms with Crippen molar-refractivity contribution in [2.24, 2.45) is 0 Å². The number of rotatable bonds is 10. The van der Waals surface area contributed by atoms with Gasteiger partial charge in [-0.1, -0.05) is 60.7 Å². The largest absolute Gasteiger partial charge is 0.545 e. The molecule has 316 valence electrons. The highest BCUT2D eigenvalue weighted by molar-refractivity contribution is 6.09. The molecular formula is C44H40F6N2O8. The van der Waals surface area contributed by atoms with Crippen LogP contribution in [0.2, 0.25) is 0 Å². The van der Waals surface area contributed by atoms with Gasteiger partial charge in [-0.05, 0) is 71.8 Å². The van der Waals surface area contributed by atoms with Gasteiger partial charge in [-0.3, -0.25) is 0 Å². The van der Waals surface area contributed by atoms with Crippen molar-refractivity contribution in [2.45, 2.75) is 23.6 Å². The SMILES string of the molecule is COc1ccc2c(c1)C(OC)(C(F)(F)F)C[NH+]=C2C=Cc1ccccc1.COc1ccc2c(c1)C(OC)(C(F)(F)F)C[NH+]=C2C=Cc1ccccc1.O=C([O-])/C=C\C(=O)[O-]. The zero-order chi connectivity index (χ0) is 44.1. The predicted octanol–water partition coefficient (Wildman–Crippen LogP) is 2.43. The molecule has 0 amide bonds.